The van der Waals surface area contributed by atoms with Crippen molar-refractivity contribution in [2.24, 2.45) is 0 Å². The zero-order valence-electron chi connectivity index (χ0n) is 14.5. The highest BCUT2D eigenvalue weighted by molar-refractivity contribution is 6.30. The number of aromatic nitrogens is 1. The first-order valence-electron chi connectivity index (χ1n) is 8.45. The van der Waals surface area contributed by atoms with Gasteiger partial charge in [0.05, 0.1) is 13.0 Å². The van der Waals surface area contributed by atoms with Gasteiger partial charge in [-0.2, -0.15) is 0 Å². The van der Waals surface area contributed by atoms with Crippen molar-refractivity contribution >= 4 is 17.5 Å². The highest BCUT2D eigenvalue weighted by Gasteiger charge is 2.08. The van der Waals surface area contributed by atoms with Crippen LogP contribution in [0.3, 0.4) is 0 Å². The lowest BCUT2D eigenvalue weighted by Crippen LogP contribution is -2.27. The number of ether oxygens (including phenoxy) is 1. The second-order valence-corrected chi connectivity index (χ2v) is 6.30. The van der Waals surface area contributed by atoms with Gasteiger partial charge in [0, 0.05) is 23.2 Å². The summed E-state index contributed by atoms with van der Waals surface area (Å²) in [6, 6.07) is 16.4. The molecule has 0 fully saturated rings. The molecule has 1 amide bonds. The molecule has 2 N–H and O–H groups in total. The summed E-state index contributed by atoms with van der Waals surface area (Å²) in [7, 11) is 0. The van der Waals surface area contributed by atoms with Gasteiger partial charge in [0.25, 0.3) is 0 Å². The normalized spacial score (nSPS) is 10.6. The number of hydrogen-bond donors (Lipinski definition) is 2. The minimum Gasteiger partial charge on any atom is -0.486 e. The molecule has 0 saturated carbocycles. The van der Waals surface area contributed by atoms with E-state index >= 15 is 0 Å². The van der Waals surface area contributed by atoms with Crippen LogP contribution in [0.25, 0.3) is 11.3 Å². The Labute approximate surface area is 161 Å². The number of carbonyl (C=O) groups excluding carboxylic acids is 1. The first-order valence-corrected chi connectivity index (χ1v) is 8.82. The SMILES string of the molecule is O=C(Cc1ccc(OCc2cc(-c3ccc(Cl)cc3)no2)cc1)NCCO. The number of hydrogen-bond acceptors (Lipinski definition) is 5. The van der Waals surface area contributed by atoms with Gasteiger partial charge in [-0.25, -0.2) is 0 Å². The van der Waals surface area contributed by atoms with Crippen LogP contribution in [0.15, 0.2) is 59.1 Å². The highest BCUT2D eigenvalue weighted by Crippen LogP contribution is 2.22. The van der Waals surface area contributed by atoms with Crippen LogP contribution in [0.4, 0.5) is 0 Å². The van der Waals surface area contributed by atoms with Gasteiger partial charge in [-0.3, -0.25) is 4.79 Å². The fourth-order valence-electron chi connectivity index (χ4n) is 2.44. The number of benzene rings is 2. The fraction of sp³-hybridized carbons (Fsp3) is 0.200. The molecule has 0 unspecified atom stereocenters. The second-order valence-electron chi connectivity index (χ2n) is 5.87. The standard InChI is InChI=1S/C20H19ClN2O4/c21-16-5-3-15(4-6-16)19-12-18(27-23-19)13-26-17-7-1-14(2-8-17)11-20(25)22-9-10-24/h1-8,12,24H,9-11,13H2,(H,22,25). The highest BCUT2D eigenvalue weighted by atomic mass is 35.5. The van der Waals surface area contributed by atoms with Gasteiger partial charge in [-0.05, 0) is 29.8 Å². The number of nitrogens with one attached hydrogen (secondary N) is 1. The van der Waals surface area contributed by atoms with Gasteiger partial charge in [-0.15, -0.1) is 0 Å². The van der Waals surface area contributed by atoms with E-state index < -0.39 is 0 Å². The summed E-state index contributed by atoms with van der Waals surface area (Å²) in [4.78, 5) is 11.6. The van der Waals surface area contributed by atoms with Crippen molar-refractivity contribution in [1.29, 1.82) is 0 Å². The lowest BCUT2D eigenvalue weighted by Gasteiger charge is -2.06. The Morgan fingerprint density at radius 3 is 2.59 bits per heavy atom. The number of rotatable bonds is 8. The summed E-state index contributed by atoms with van der Waals surface area (Å²) < 4.78 is 11.0. The van der Waals surface area contributed by atoms with Crippen LogP contribution in [0.1, 0.15) is 11.3 Å². The third-order valence-corrected chi connectivity index (χ3v) is 4.05. The number of nitrogens with zero attached hydrogens (tertiary/aromatic N) is 1. The quantitative estimate of drug-likeness (QED) is 0.621. The molecule has 0 saturated heterocycles. The van der Waals surface area contributed by atoms with E-state index in [1.807, 2.05) is 30.3 Å². The monoisotopic (exact) mass is 386 g/mol. The zero-order valence-corrected chi connectivity index (χ0v) is 15.3. The Balaban J connectivity index is 1.53. The molecule has 0 radical (unpaired) electrons. The zero-order chi connectivity index (χ0) is 19.1. The van der Waals surface area contributed by atoms with Gasteiger partial charge >= 0.3 is 0 Å². The number of amides is 1. The Morgan fingerprint density at radius 2 is 1.89 bits per heavy atom. The minimum atomic E-state index is -0.130. The molecule has 6 nitrogen and oxygen atoms in total. The first-order chi connectivity index (χ1) is 13.1. The molecule has 0 aliphatic carbocycles. The van der Waals surface area contributed by atoms with Crippen molar-refractivity contribution < 1.29 is 19.2 Å². The van der Waals surface area contributed by atoms with Crippen molar-refractivity contribution in [3.8, 4) is 17.0 Å². The molecule has 0 aliphatic rings. The molecule has 3 rings (SSSR count). The Kier molecular flexibility index (Phi) is 6.46. The Morgan fingerprint density at radius 1 is 1.15 bits per heavy atom. The van der Waals surface area contributed by atoms with Crippen LogP contribution >= 0.6 is 11.6 Å². The molecule has 3 aromatic rings. The van der Waals surface area contributed by atoms with Gasteiger partial charge in [0.2, 0.25) is 5.91 Å². The summed E-state index contributed by atoms with van der Waals surface area (Å²) in [5.41, 5.74) is 2.50. The predicted octanol–water partition coefficient (Wildman–Crippen LogP) is 3.23. The summed E-state index contributed by atoms with van der Waals surface area (Å²) in [6.07, 6.45) is 0.257. The van der Waals surface area contributed by atoms with E-state index in [1.54, 1.807) is 24.3 Å². The molecule has 1 aromatic heterocycles. The number of halogens is 1. The summed E-state index contributed by atoms with van der Waals surface area (Å²) >= 11 is 5.89. The maximum Gasteiger partial charge on any atom is 0.224 e. The molecular formula is C20H19ClN2O4. The van der Waals surface area contributed by atoms with Crippen LogP contribution in [0.5, 0.6) is 5.75 Å². The lowest BCUT2D eigenvalue weighted by molar-refractivity contribution is -0.120. The van der Waals surface area contributed by atoms with E-state index in [2.05, 4.69) is 10.5 Å². The summed E-state index contributed by atoms with van der Waals surface area (Å²) in [5.74, 6) is 1.14. The van der Waals surface area contributed by atoms with Crippen molar-refractivity contribution in [3.05, 3.63) is 70.9 Å². The topological polar surface area (TPSA) is 84.6 Å². The van der Waals surface area contributed by atoms with E-state index in [4.69, 9.17) is 26.0 Å². The molecule has 140 valence electrons. The van der Waals surface area contributed by atoms with Crippen LogP contribution in [-0.2, 0) is 17.8 Å². The van der Waals surface area contributed by atoms with Gasteiger partial charge in [0.1, 0.15) is 18.1 Å². The van der Waals surface area contributed by atoms with E-state index in [0.717, 1.165) is 16.8 Å². The lowest BCUT2D eigenvalue weighted by atomic mass is 10.1. The molecule has 7 heteroatoms. The molecular weight excluding hydrogens is 368 g/mol. The van der Waals surface area contributed by atoms with E-state index in [0.29, 0.717) is 16.5 Å². The van der Waals surface area contributed by atoms with Gasteiger partial charge in [0.15, 0.2) is 5.76 Å². The molecule has 0 atom stereocenters. The molecule has 27 heavy (non-hydrogen) atoms. The van der Waals surface area contributed by atoms with Crippen LogP contribution < -0.4 is 10.1 Å². The summed E-state index contributed by atoms with van der Waals surface area (Å²) in [5, 5.41) is 16.0. The molecule has 0 bridgehead atoms. The largest absolute Gasteiger partial charge is 0.486 e. The Bertz CT molecular complexity index is 876. The van der Waals surface area contributed by atoms with E-state index in [9.17, 15) is 4.79 Å². The van der Waals surface area contributed by atoms with E-state index in [-0.39, 0.29) is 32.1 Å². The average Bonchev–Trinajstić information content (AvgIpc) is 3.15. The second kappa shape index (κ2) is 9.21. The molecule has 0 spiro atoms. The minimum absolute atomic E-state index is 0.0696. The van der Waals surface area contributed by atoms with Crippen molar-refractivity contribution in [1.82, 2.24) is 10.5 Å². The van der Waals surface area contributed by atoms with Crippen LogP contribution in [-0.4, -0.2) is 29.3 Å². The molecule has 1 heterocycles. The van der Waals surface area contributed by atoms with E-state index in [1.165, 1.54) is 0 Å². The van der Waals surface area contributed by atoms with Gasteiger partial charge < -0.3 is 19.7 Å². The first kappa shape index (κ1) is 18.9. The summed E-state index contributed by atoms with van der Waals surface area (Å²) in [6.45, 7) is 0.437. The van der Waals surface area contributed by atoms with Crippen LogP contribution in [0.2, 0.25) is 5.02 Å². The number of carbonyl (C=O) groups is 1. The third kappa shape index (κ3) is 5.57. The predicted molar refractivity (Wildman–Crippen MR) is 102 cm³/mol. The maximum atomic E-state index is 11.6. The van der Waals surface area contributed by atoms with Crippen molar-refractivity contribution in [3.63, 3.8) is 0 Å². The van der Waals surface area contributed by atoms with Crippen LogP contribution in [0, 0.1) is 0 Å². The Hall–Kier alpha value is -2.83. The van der Waals surface area contributed by atoms with Gasteiger partial charge in [-0.1, -0.05) is 41.0 Å². The molecule has 2 aromatic carbocycles. The smallest absolute Gasteiger partial charge is 0.224 e. The fourth-order valence-corrected chi connectivity index (χ4v) is 2.56. The number of aliphatic hydroxyl groups excluding tert-OH is 1. The van der Waals surface area contributed by atoms with Crippen molar-refractivity contribution in [2.75, 3.05) is 13.2 Å². The average molecular weight is 387 g/mol. The number of aliphatic hydroxyl groups is 1. The third-order valence-electron chi connectivity index (χ3n) is 3.80. The maximum absolute atomic E-state index is 11.6. The molecule has 0 aliphatic heterocycles. The van der Waals surface area contributed by atoms with Crippen molar-refractivity contribution in [2.45, 2.75) is 13.0 Å².